The predicted molar refractivity (Wildman–Crippen MR) is 145 cm³/mol. The van der Waals surface area contributed by atoms with E-state index < -0.39 is 11.4 Å². The average molecular weight is 512 g/mol. The lowest BCUT2D eigenvalue weighted by molar-refractivity contribution is 0.0695. The van der Waals surface area contributed by atoms with Crippen LogP contribution in [-0.2, 0) is 12.8 Å². The van der Waals surface area contributed by atoms with Gasteiger partial charge in [0.25, 0.3) is 0 Å². The lowest BCUT2D eigenvalue weighted by atomic mass is 10.1. The van der Waals surface area contributed by atoms with Gasteiger partial charge >= 0.3 is 5.97 Å². The number of pyridine rings is 1. The van der Waals surface area contributed by atoms with Crippen molar-refractivity contribution in [1.29, 1.82) is 0 Å². The SMILES string of the molecule is CCN1CC[C@H](Oc2cccc(Nc3ncc4c(=O)c(C(=O)O)cn(-c5ccc6c(c5)CCC6)c4n3)c2)C1. The number of carbonyl (C=O) groups is 1. The predicted octanol–water partition coefficient (Wildman–Crippen LogP) is 4.18. The van der Waals surface area contributed by atoms with Gasteiger partial charge in [0, 0.05) is 42.9 Å². The van der Waals surface area contributed by atoms with E-state index in [0.29, 0.717) is 11.6 Å². The second-order valence-electron chi connectivity index (χ2n) is 9.86. The molecule has 3 heterocycles. The van der Waals surface area contributed by atoms with Gasteiger partial charge in [0.15, 0.2) is 5.65 Å². The number of ether oxygens (including phenoxy) is 1. The number of aromatic carboxylic acids is 1. The van der Waals surface area contributed by atoms with E-state index in [1.165, 1.54) is 23.5 Å². The molecular formula is C29H29N5O4. The second-order valence-corrected chi connectivity index (χ2v) is 9.86. The summed E-state index contributed by atoms with van der Waals surface area (Å²) >= 11 is 0. The van der Waals surface area contributed by atoms with Crippen molar-refractivity contribution in [2.24, 2.45) is 0 Å². The van der Waals surface area contributed by atoms with E-state index in [1.807, 2.05) is 30.3 Å². The first-order chi connectivity index (χ1) is 18.5. The lowest BCUT2D eigenvalue weighted by Gasteiger charge is -2.16. The fourth-order valence-electron chi connectivity index (χ4n) is 5.38. The number of fused-ring (bicyclic) bond motifs is 2. The number of carboxylic acids is 1. The zero-order valence-corrected chi connectivity index (χ0v) is 21.2. The Morgan fingerprint density at radius 1 is 1.18 bits per heavy atom. The molecule has 194 valence electrons. The second kappa shape index (κ2) is 9.90. The number of nitrogens with zero attached hydrogens (tertiary/aromatic N) is 4. The van der Waals surface area contributed by atoms with Gasteiger partial charge in [-0.1, -0.05) is 19.1 Å². The van der Waals surface area contributed by atoms with Crippen LogP contribution in [0.15, 0.2) is 59.7 Å². The Morgan fingerprint density at radius 2 is 2.05 bits per heavy atom. The summed E-state index contributed by atoms with van der Waals surface area (Å²) in [5, 5.41) is 13.0. The number of likely N-dealkylation sites (N-methyl/N-ethyl adjacent to an activating group) is 1. The minimum Gasteiger partial charge on any atom is -0.489 e. The lowest BCUT2D eigenvalue weighted by Crippen LogP contribution is -2.24. The molecule has 0 amide bonds. The van der Waals surface area contributed by atoms with Crippen molar-refractivity contribution in [3.63, 3.8) is 0 Å². The van der Waals surface area contributed by atoms with Gasteiger partial charge in [0.2, 0.25) is 11.4 Å². The van der Waals surface area contributed by atoms with Crippen molar-refractivity contribution in [3.05, 3.63) is 81.8 Å². The summed E-state index contributed by atoms with van der Waals surface area (Å²) in [6, 6.07) is 13.7. The highest BCUT2D eigenvalue weighted by Gasteiger charge is 2.23. The van der Waals surface area contributed by atoms with Gasteiger partial charge in [-0.15, -0.1) is 0 Å². The van der Waals surface area contributed by atoms with E-state index in [1.54, 1.807) is 4.57 Å². The van der Waals surface area contributed by atoms with Crippen LogP contribution in [0.25, 0.3) is 16.7 Å². The van der Waals surface area contributed by atoms with Crippen molar-refractivity contribution >= 4 is 28.6 Å². The van der Waals surface area contributed by atoms with Crippen LogP contribution in [0.3, 0.4) is 0 Å². The number of rotatable bonds is 7. The molecule has 9 nitrogen and oxygen atoms in total. The molecule has 2 aromatic carbocycles. The highest BCUT2D eigenvalue weighted by molar-refractivity contribution is 5.92. The standard InChI is InChI=1S/C29H29N5O4/c1-2-33-12-11-23(16-33)38-22-8-4-7-20(14-22)31-29-30-15-24-26(35)25(28(36)37)17-34(27(24)32-29)21-10-9-18-5-3-6-19(18)13-21/h4,7-10,13-15,17,23H,2-3,5-6,11-12,16H2,1H3,(H,36,37)(H,30,31,32)/t23-/m0/s1. The third-order valence-electron chi connectivity index (χ3n) is 7.40. The van der Waals surface area contributed by atoms with Gasteiger partial charge in [0.05, 0.1) is 5.39 Å². The van der Waals surface area contributed by atoms with Gasteiger partial charge in [-0.3, -0.25) is 9.69 Å². The molecule has 1 fully saturated rings. The minimum atomic E-state index is -1.28. The first-order valence-electron chi connectivity index (χ1n) is 13.0. The first kappa shape index (κ1) is 24.1. The molecule has 2 N–H and O–H groups in total. The van der Waals surface area contributed by atoms with E-state index in [4.69, 9.17) is 4.74 Å². The van der Waals surface area contributed by atoms with Crippen LogP contribution < -0.4 is 15.5 Å². The van der Waals surface area contributed by atoms with E-state index in [9.17, 15) is 14.7 Å². The highest BCUT2D eigenvalue weighted by atomic mass is 16.5. The molecule has 1 aliphatic carbocycles. The van der Waals surface area contributed by atoms with Gasteiger partial charge < -0.3 is 19.7 Å². The number of hydrogen-bond donors (Lipinski definition) is 2. The van der Waals surface area contributed by atoms with Crippen LogP contribution in [0.4, 0.5) is 11.6 Å². The molecule has 4 aromatic rings. The molecule has 6 rings (SSSR count). The summed E-state index contributed by atoms with van der Waals surface area (Å²) in [5.74, 6) is -0.222. The van der Waals surface area contributed by atoms with Crippen molar-refractivity contribution in [1.82, 2.24) is 19.4 Å². The normalized spacial score (nSPS) is 17.0. The molecule has 1 saturated heterocycles. The van der Waals surface area contributed by atoms with Gasteiger partial charge in [0.1, 0.15) is 17.4 Å². The molecule has 1 aliphatic heterocycles. The van der Waals surface area contributed by atoms with Crippen LogP contribution in [0.1, 0.15) is 41.3 Å². The number of benzene rings is 2. The van der Waals surface area contributed by atoms with Gasteiger partial charge in [-0.05, 0) is 67.6 Å². The number of carboxylic acid groups (broad SMARTS) is 1. The quantitative estimate of drug-likeness (QED) is 0.380. The maximum Gasteiger partial charge on any atom is 0.341 e. The van der Waals surface area contributed by atoms with E-state index in [2.05, 4.69) is 39.2 Å². The number of nitrogens with one attached hydrogen (secondary N) is 1. The number of anilines is 2. The molecular weight excluding hydrogens is 482 g/mol. The number of likely N-dealkylation sites (tertiary alicyclic amines) is 1. The largest absolute Gasteiger partial charge is 0.489 e. The Bertz CT molecular complexity index is 1600. The topological polar surface area (TPSA) is 110 Å². The Balaban J connectivity index is 1.35. The van der Waals surface area contributed by atoms with Crippen LogP contribution in [0.5, 0.6) is 5.75 Å². The Hall–Kier alpha value is -4.24. The van der Waals surface area contributed by atoms with Crippen molar-refractivity contribution in [2.75, 3.05) is 25.0 Å². The van der Waals surface area contributed by atoms with Crippen LogP contribution in [-0.4, -0.2) is 56.2 Å². The van der Waals surface area contributed by atoms with Crippen molar-refractivity contribution in [2.45, 2.75) is 38.7 Å². The van der Waals surface area contributed by atoms with Crippen LogP contribution in [0.2, 0.25) is 0 Å². The molecule has 0 spiro atoms. The minimum absolute atomic E-state index is 0.148. The Kier molecular flexibility index (Phi) is 6.29. The summed E-state index contributed by atoms with van der Waals surface area (Å²) in [5.41, 5.74) is 3.46. The number of hydrogen-bond acceptors (Lipinski definition) is 7. The zero-order chi connectivity index (χ0) is 26.2. The van der Waals surface area contributed by atoms with Crippen LogP contribution >= 0.6 is 0 Å². The molecule has 2 aromatic heterocycles. The summed E-state index contributed by atoms with van der Waals surface area (Å²) in [6.07, 6.45) is 7.02. The van der Waals surface area contributed by atoms with E-state index in [0.717, 1.165) is 62.4 Å². The summed E-state index contributed by atoms with van der Waals surface area (Å²) in [7, 11) is 0. The van der Waals surface area contributed by atoms with Crippen molar-refractivity contribution < 1.29 is 14.6 Å². The summed E-state index contributed by atoms with van der Waals surface area (Å²) in [6.45, 7) is 5.13. The zero-order valence-electron chi connectivity index (χ0n) is 21.2. The first-order valence-corrected chi connectivity index (χ1v) is 13.0. The maximum absolute atomic E-state index is 12.9. The third kappa shape index (κ3) is 4.61. The molecule has 0 radical (unpaired) electrons. The van der Waals surface area contributed by atoms with Crippen molar-refractivity contribution in [3.8, 4) is 11.4 Å². The fourth-order valence-corrected chi connectivity index (χ4v) is 5.38. The molecule has 9 heteroatoms. The molecule has 0 bridgehead atoms. The third-order valence-corrected chi connectivity index (χ3v) is 7.40. The summed E-state index contributed by atoms with van der Waals surface area (Å²) in [4.78, 5) is 36.2. The number of aryl methyl sites for hydroxylation is 2. The fraction of sp³-hybridized carbons (Fsp3) is 0.310. The molecule has 0 saturated carbocycles. The molecule has 0 unspecified atom stereocenters. The van der Waals surface area contributed by atoms with Gasteiger partial charge in [-0.25, -0.2) is 9.78 Å². The van der Waals surface area contributed by atoms with Crippen LogP contribution in [0, 0.1) is 0 Å². The summed E-state index contributed by atoms with van der Waals surface area (Å²) < 4.78 is 7.87. The number of aromatic nitrogens is 3. The molecule has 1 atom stereocenters. The maximum atomic E-state index is 12.9. The average Bonchev–Trinajstić information content (AvgIpc) is 3.58. The Morgan fingerprint density at radius 3 is 2.87 bits per heavy atom. The monoisotopic (exact) mass is 511 g/mol. The Labute approximate surface area is 219 Å². The highest BCUT2D eigenvalue weighted by Crippen LogP contribution is 2.27. The van der Waals surface area contributed by atoms with Gasteiger partial charge in [-0.2, -0.15) is 4.98 Å². The molecule has 2 aliphatic rings. The molecule has 38 heavy (non-hydrogen) atoms. The van der Waals surface area contributed by atoms with E-state index >= 15 is 0 Å². The smallest absolute Gasteiger partial charge is 0.341 e. The van der Waals surface area contributed by atoms with E-state index in [-0.39, 0.29) is 17.1 Å².